The maximum atomic E-state index is 5.70. The Labute approximate surface area is 466 Å². The number of rotatable bonds is 10. The fraction of sp³-hybridized carbons (Fsp3) is 0.139. The molecule has 4 heterocycles. The Bertz CT molecular complexity index is 4270. The number of hydrogen-bond donors (Lipinski definition) is 2. The van der Waals surface area contributed by atoms with E-state index in [1.165, 1.54) is 77.8 Å². The summed E-state index contributed by atoms with van der Waals surface area (Å²) in [6.45, 7) is 0. The van der Waals surface area contributed by atoms with Gasteiger partial charge in [0, 0.05) is 49.9 Å². The summed E-state index contributed by atoms with van der Waals surface area (Å²) in [6, 6.07) is 69.3. The SMILES string of the molecule is C1=CCCC(c2nc(C3=CC(C4=NC(C5=CC=C(c6ccccc6)CC5)NC(c5ccccc5-c5ccccc5)N4)=CCC3n3c4c(c5ccccc53)CCc3c-4c4ccccc4n3-c3ccccc3)nc(-c3ccccc3)n2)=C1. The summed E-state index contributed by atoms with van der Waals surface area (Å²) in [4.78, 5) is 22.1. The number of para-hydroxylation sites is 3. The Morgan fingerprint density at radius 2 is 1.20 bits per heavy atom. The minimum absolute atomic E-state index is 0.202. The minimum atomic E-state index is -0.287. The highest BCUT2D eigenvalue weighted by molar-refractivity contribution is 6.06. The largest absolute Gasteiger partial charge is 0.350 e. The molecular formula is C72H58N8. The molecule has 10 aromatic rings. The van der Waals surface area contributed by atoms with Crippen LogP contribution in [0.15, 0.2) is 253 Å². The second kappa shape index (κ2) is 20.4. The second-order valence-corrected chi connectivity index (χ2v) is 21.4. The van der Waals surface area contributed by atoms with Crippen LogP contribution in [0, 0.1) is 0 Å². The normalized spacial score (nSPS) is 18.7. The Morgan fingerprint density at radius 3 is 1.96 bits per heavy atom. The van der Waals surface area contributed by atoms with Gasteiger partial charge in [0.1, 0.15) is 18.2 Å². The number of aryl methyl sites for hydroxylation is 1. The second-order valence-electron chi connectivity index (χ2n) is 21.4. The van der Waals surface area contributed by atoms with Crippen LogP contribution in [-0.4, -0.2) is 36.1 Å². The molecule has 0 bridgehead atoms. The molecule has 386 valence electrons. The van der Waals surface area contributed by atoms with Crippen molar-refractivity contribution in [3.05, 3.63) is 282 Å². The van der Waals surface area contributed by atoms with Crippen molar-refractivity contribution in [2.75, 3.05) is 0 Å². The van der Waals surface area contributed by atoms with E-state index in [0.717, 1.165) is 72.2 Å². The van der Waals surface area contributed by atoms with Crippen molar-refractivity contribution in [3.63, 3.8) is 0 Å². The fourth-order valence-corrected chi connectivity index (χ4v) is 13.0. The van der Waals surface area contributed by atoms with E-state index in [-0.39, 0.29) is 18.4 Å². The zero-order valence-corrected chi connectivity index (χ0v) is 44.4. The third kappa shape index (κ3) is 8.51. The summed E-state index contributed by atoms with van der Waals surface area (Å²) in [5, 5.41) is 10.6. The van der Waals surface area contributed by atoms with E-state index in [1.54, 1.807) is 0 Å². The molecule has 3 atom stereocenters. The lowest BCUT2D eigenvalue weighted by molar-refractivity contribution is 0.426. The van der Waals surface area contributed by atoms with E-state index in [0.29, 0.717) is 23.9 Å². The fourth-order valence-electron chi connectivity index (χ4n) is 13.0. The third-order valence-electron chi connectivity index (χ3n) is 16.8. The molecule has 4 aliphatic carbocycles. The van der Waals surface area contributed by atoms with Gasteiger partial charge in [0.15, 0.2) is 17.5 Å². The Balaban J connectivity index is 0.941. The van der Waals surface area contributed by atoms with Crippen molar-refractivity contribution in [1.29, 1.82) is 0 Å². The molecular weight excluding hydrogens is 977 g/mol. The first kappa shape index (κ1) is 47.7. The lowest BCUT2D eigenvalue weighted by Crippen LogP contribution is -2.49. The average Bonchev–Trinajstić information content (AvgIpc) is 4.29. The number of allylic oxidation sites excluding steroid dienone is 9. The first-order chi connectivity index (χ1) is 39.7. The van der Waals surface area contributed by atoms with Crippen molar-refractivity contribution in [2.45, 2.75) is 63.3 Å². The van der Waals surface area contributed by atoms with Gasteiger partial charge in [-0.05, 0) is 120 Å². The molecule has 7 aromatic carbocycles. The first-order valence-corrected chi connectivity index (χ1v) is 28.3. The van der Waals surface area contributed by atoms with E-state index in [1.807, 2.05) is 0 Å². The Morgan fingerprint density at radius 1 is 0.525 bits per heavy atom. The van der Waals surface area contributed by atoms with Crippen LogP contribution in [0.25, 0.3) is 78.0 Å². The van der Waals surface area contributed by atoms with Crippen molar-refractivity contribution in [3.8, 4) is 39.5 Å². The summed E-state index contributed by atoms with van der Waals surface area (Å²) < 4.78 is 5.16. The van der Waals surface area contributed by atoms with E-state index < -0.39 is 0 Å². The van der Waals surface area contributed by atoms with Crippen LogP contribution in [0.5, 0.6) is 0 Å². The van der Waals surface area contributed by atoms with E-state index in [2.05, 4.69) is 256 Å². The van der Waals surface area contributed by atoms with Crippen molar-refractivity contribution in [1.82, 2.24) is 34.7 Å². The molecule has 15 rings (SSSR count). The summed E-state index contributed by atoms with van der Waals surface area (Å²) >= 11 is 0. The Hall–Kier alpha value is -9.50. The number of amidine groups is 1. The van der Waals surface area contributed by atoms with Crippen LogP contribution in [0.3, 0.4) is 0 Å². The lowest BCUT2D eigenvalue weighted by Gasteiger charge is -2.36. The quantitative estimate of drug-likeness (QED) is 0.143. The maximum absolute atomic E-state index is 5.70. The van der Waals surface area contributed by atoms with Gasteiger partial charge in [-0.15, -0.1) is 0 Å². The number of fused-ring (bicyclic) bond motifs is 7. The number of benzene rings is 7. The lowest BCUT2D eigenvalue weighted by atomic mass is 9.89. The van der Waals surface area contributed by atoms with Crippen molar-refractivity contribution >= 4 is 44.4 Å². The topological polar surface area (TPSA) is 85.0 Å². The van der Waals surface area contributed by atoms with Gasteiger partial charge >= 0.3 is 0 Å². The van der Waals surface area contributed by atoms with E-state index >= 15 is 0 Å². The molecule has 3 unspecified atom stereocenters. The average molecular weight is 1040 g/mol. The zero-order chi connectivity index (χ0) is 52.9. The summed E-state index contributed by atoms with van der Waals surface area (Å²) in [6.07, 6.45) is 21.5. The monoisotopic (exact) mass is 1030 g/mol. The number of hydrogen-bond acceptors (Lipinski definition) is 6. The smallest absolute Gasteiger partial charge is 0.164 e. The maximum Gasteiger partial charge on any atom is 0.164 e. The van der Waals surface area contributed by atoms with Gasteiger partial charge in [-0.2, -0.15) is 0 Å². The van der Waals surface area contributed by atoms with Gasteiger partial charge in [0.25, 0.3) is 0 Å². The molecule has 0 spiro atoms. The molecule has 2 N–H and O–H groups in total. The van der Waals surface area contributed by atoms with Gasteiger partial charge in [0.05, 0.1) is 17.3 Å². The number of nitrogens with one attached hydrogen (secondary N) is 2. The molecule has 80 heavy (non-hydrogen) atoms. The van der Waals surface area contributed by atoms with Gasteiger partial charge in [0.2, 0.25) is 0 Å². The van der Waals surface area contributed by atoms with Crippen LogP contribution in [-0.2, 0) is 12.8 Å². The summed E-state index contributed by atoms with van der Waals surface area (Å²) in [7, 11) is 0. The molecule has 0 saturated carbocycles. The highest BCUT2D eigenvalue weighted by Gasteiger charge is 2.37. The molecule has 5 aliphatic rings. The number of aliphatic imine (C=N–C) groups is 1. The Kier molecular flexibility index (Phi) is 12.1. The minimum Gasteiger partial charge on any atom is -0.350 e. The summed E-state index contributed by atoms with van der Waals surface area (Å²) in [5.41, 5.74) is 20.3. The van der Waals surface area contributed by atoms with Gasteiger partial charge in [-0.1, -0.05) is 206 Å². The third-order valence-corrected chi connectivity index (χ3v) is 16.8. The van der Waals surface area contributed by atoms with Gasteiger partial charge in [-0.3, -0.25) is 5.32 Å². The molecule has 0 saturated heterocycles. The first-order valence-electron chi connectivity index (χ1n) is 28.3. The van der Waals surface area contributed by atoms with Crippen LogP contribution < -0.4 is 10.6 Å². The van der Waals surface area contributed by atoms with Crippen molar-refractivity contribution in [2.24, 2.45) is 4.99 Å². The van der Waals surface area contributed by atoms with E-state index in [9.17, 15) is 0 Å². The zero-order valence-electron chi connectivity index (χ0n) is 44.4. The predicted octanol–water partition coefficient (Wildman–Crippen LogP) is 16.0. The molecule has 0 amide bonds. The summed E-state index contributed by atoms with van der Waals surface area (Å²) in [5.74, 6) is 2.87. The highest BCUT2D eigenvalue weighted by atomic mass is 15.3. The number of nitrogens with zero attached hydrogens (tertiary/aromatic N) is 6. The van der Waals surface area contributed by atoms with Gasteiger partial charge < -0.3 is 14.5 Å². The van der Waals surface area contributed by atoms with Crippen LogP contribution >= 0.6 is 0 Å². The van der Waals surface area contributed by atoms with Gasteiger partial charge in [-0.25, -0.2) is 19.9 Å². The van der Waals surface area contributed by atoms with E-state index in [4.69, 9.17) is 19.9 Å². The molecule has 1 aliphatic heterocycles. The highest BCUT2D eigenvalue weighted by Crippen LogP contribution is 2.50. The van der Waals surface area contributed by atoms with Crippen LogP contribution in [0.4, 0.5) is 0 Å². The van der Waals surface area contributed by atoms with Crippen LogP contribution in [0.2, 0.25) is 0 Å². The molecule has 8 heteroatoms. The molecule has 8 nitrogen and oxygen atoms in total. The van der Waals surface area contributed by atoms with Crippen molar-refractivity contribution < 1.29 is 0 Å². The molecule has 0 radical (unpaired) electrons. The molecule has 0 fully saturated rings. The molecule has 3 aromatic heterocycles. The van der Waals surface area contributed by atoms with Crippen LogP contribution in [0.1, 0.15) is 78.3 Å². The number of aromatic nitrogens is 5. The predicted molar refractivity (Wildman–Crippen MR) is 327 cm³/mol. The standard InChI is InChI=1S/C72H58N8/c1-6-22-47(23-7-1)48-38-40-52(41-39-48)69-74-70(78-71(75-69)58-34-17-16-32-55(58)49-24-8-2-9-25-49)53-42-44-63(60(46-53)72-76-67(50-26-10-3-11-27-50)73-68(77-72)51-28-12-4-13-29-51)80-61-36-20-18-33-56(61)57-43-45-64-65(66(57)80)59-35-19-21-37-62(59)79(64)54-30-14-5-15-31-54/h1-12,14-28,30-38,40,42,46,63,69,71,75H,13,29,39,41,43-45H2,(H,74,78).